The van der Waals surface area contributed by atoms with Gasteiger partial charge >= 0.3 is 0 Å². The minimum atomic E-state index is -3.66. The molecule has 0 saturated carbocycles. The van der Waals surface area contributed by atoms with Gasteiger partial charge in [0.2, 0.25) is 0 Å². The van der Waals surface area contributed by atoms with Crippen molar-refractivity contribution in [2.24, 2.45) is 5.92 Å². The van der Waals surface area contributed by atoms with Crippen LogP contribution >= 0.6 is 11.3 Å². The zero-order valence-electron chi connectivity index (χ0n) is 13.8. The Balaban J connectivity index is 2.41. The van der Waals surface area contributed by atoms with E-state index in [2.05, 4.69) is 28.7 Å². The van der Waals surface area contributed by atoms with E-state index < -0.39 is 10.0 Å². The zero-order chi connectivity index (χ0) is 16.7. The van der Waals surface area contributed by atoms with E-state index in [1.807, 2.05) is 6.92 Å². The van der Waals surface area contributed by atoms with Gasteiger partial charge in [0.1, 0.15) is 9.90 Å². The SMILES string of the molecule is Cc1nc(C)c(NS(=O)(=O)c2c(C)nn(CC(C)C)c2C)s1. The maximum Gasteiger partial charge on any atom is 0.266 e. The van der Waals surface area contributed by atoms with Crippen LogP contribution in [0, 0.1) is 33.6 Å². The highest BCUT2D eigenvalue weighted by atomic mass is 32.2. The Morgan fingerprint density at radius 2 is 1.82 bits per heavy atom. The van der Waals surface area contributed by atoms with Gasteiger partial charge in [-0.2, -0.15) is 5.10 Å². The van der Waals surface area contributed by atoms with Crippen molar-refractivity contribution < 1.29 is 8.42 Å². The number of thiazole rings is 1. The van der Waals surface area contributed by atoms with Gasteiger partial charge in [-0.05, 0) is 33.6 Å². The molecule has 2 aromatic rings. The van der Waals surface area contributed by atoms with Crippen LogP contribution in [-0.4, -0.2) is 23.2 Å². The monoisotopic (exact) mass is 342 g/mol. The highest BCUT2D eigenvalue weighted by Gasteiger charge is 2.26. The molecule has 0 radical (unpaired) electrons. The third-order valence-corrected chi connectivity index (χ3v) is 5.97. The van der Waals surface area contributed by atoms with Crippen molar-refractivity contribution in [3.63, 3.8) is 0 Å². The summed E-state index contributed by atoms with van der Waals surface area (Å²) in [5.74, 6) is 0.396. The summed E-state index contributed by atoms with van der Waals surface area (Å²) in [5, 5.41) is 5.77. The molecule has 0 aliphatic carbocycles. The Labute approximate surface area is 135 Å². The molecule has 2 aromatic heterocycles. The smallest absolute Gasteiger partial charge is 0.266 e. The molecule has 0 aromatic carbocycles. The summed E-state index contributed by atoms with van der Waals surface area (Å²) in [5.41, 5.74) is 1.87. The minimum Gasteiger partial charge on any atom is -0.269 e. The summed E-state index contributed by atoms with van der Waals surface area (Å²) in [6, 6.07) is 0. The second-order valence-corrected chi connectivity index (χ2v) is 8.65. The van der Waals surface area contributed by atoms with Crippen molar-refractivity contribution in [2.75, 3.05) is 4.72 Å². The van der Waals surface area contributed by atoms with E-state index >= 15 is 0 Å². The molecule has 0 atom stereocenters. The molecule has 1 N–H and O–H groups in total. The van der Waals surface area contributed by atoms with Crippen LogP contribution in [0.1, 0.15) is 35.9 Å². The van der Waals surface area contributed by atoms with Gasteiger partial charge in [-0.15, -0.1) is 11.3 Å². The van der Waals surface area contributed by atoms with E-state index in [9.17, 15) is 8.42 Å². The number of nitrogens with one attached hydrogen (secondary N) is 1. The Morgan fingerprint density at radius 1 is 1.18 bits per heavy atom. The average molecular weight is 342 g/mol. The van der Waals surface area contributed by atoms with E-state index in [1.54, 1.807) is 25.5 Å². The van der Waals surface area contributed by atoms with Crippen molar-refractivity contribution in [2.45, 2.75) is 53.0 Å². The third-order valence-electron chi connectivity index (χ3n) is 3.25. The van der Waals surface area contributed by atoms with Gasteiger partial charge in [0.25, 0.3) is 10.0 Å². The number of anilines is 1. The summed E-state index contributed by atoms with van der Waals surface area (Å²) in [7, 11) is -3.66. The molecular weight excluding hydrogens is 320 g/mol. The van der Waals surface area contributed by atoms with Crippen molar-refractivity contribution in [3.8, 4) is 0 Å². The molecule has 122 valence electrons. The summed E-state index contributed by atoms with van der Waals surface area (Å²) < 4.78 is 29.8. The molecule has 0 aliphatic heterocycles. The van der Waals surface area contributed by atoms with E-state index in [0.717, 1.165) is 5.01 Å². The summed E-state index contributed by atoms with van der Waals surface area (Å²) in [4.78, 5) is 4.51. The standard InChI is InChI=1S/C14H22N4O2S2/c1-8(2)7-18-11(5)13(9(3)16-18)22(19,20)17-14-10(4)15-12(6)21-14/h8,17H,7H2,1-6H3. The van der Waals surface area contributed by atoms with Crippen LogP contribution in [0.25, 0.3) is 0 Å². The summed E-state index contributed by atoms with van der Waals surface area (Å²) in [6.45, 7) is 12.0. The molecule has 8 heteroatoms. The van der Waals surface area contributed by atoms with E-state index in [-0.39, 0.29) is 4.90 Å². The molecule has 0 unspecified atom stereocenters. The lowest BCUT2D eigenvalue weighted by atomic mass is 10.2. The maximum absolute atomic E-state index is 12.7. The Hall–Kier alpha value is -1.41. The Bertz CT molecular complexity index is 788. The summed E-state index contributed by atoms with van der Waals surface area (Å²) in [6.07, 6.45) is 0. The van der Waals surface area contributed by atoms with Gasteiger partial charge in [-0.1, -0.05) is 13.8 Å². The topological polar surface area (TPSA) is 76.9 Å². The quantitative estimate of drug-likeness (QED) is 0.906. The molecule has 0 aliphatic rings. The normalized spacial score (nSPS) is 12.1. The Morgan fingerprint density at radius 3 is 2.32 bits per heavy atom. The van der Waals surface area contributed by atoms with Gasteiger partial charge in [-0.25, -0.2) is 13.4 Å². The number of sulfonamides is 1. The predicted molar refractivity (Wildman–Crippen MR) is 88.9 cm³/mol. The largest absolute Gasteiger partial charge is 0.269 e. The first kappa shape index (κ1) is 17.0. The zero-order valence-corrected chi connectivity index (χ0v) is 15.4. The molecule has 2 rings (SSSR count). The second kappa shape index (κ2) is 6.00. The molecule has 0 bridgehead atoms. The predicted octanol–water partition coefficient (Wildman–Crippen LogP) is 3.03. The lowest BCUT2D eigenvalue weighted by Gasteiger charge is -2.09. The number of hydrogen-bond acceptors (Lipinski definition) is 5. The molecule has 2 heterocycles. The lowest BCUT2D eigenvalue weighted by Crippen LogP contribution is -2.15. The molecule has 6 nitrogen and oxygen atoms in total. The second-order valence-electron chi connectivity index (χ2n) is 5.83. The molecule has 0 saturated heterocycles. The van der Waals surface area contributed by atoms with E-state index in [4.69, 9.17) is 0 Å². The van der Waals surface area contributed by atoms with Crippen LogP contribution in [0.5, 0.6) is 0 Å². The van der Waals surface area contributed by atoms with Crippen LogP contribution < -0.4 is 4.72 Å². The van der Waals surface area contributed by atoms with Crippen LogP contribution in [0.3, 0.4) is 0 Å². The number of nitrogens with zero attached hydrogens (tertiary/aromatic N) is 3. The first-order valence-electron chi connectivity index (χ1n) is 7.12. The van der Waals surface area contributed by atoms with Crippen molar-refractivity contribution in [3.05, 3.63) is 22.1 Å². The first-order valence-corrected chi connectivity index (χ1v) is 9.42. The van der Waals surface area contributed by atoms with Crippen LogP contribution in [0.2, 0.25) is 0 Å². The molecular formula is C14H22N4O2S2. The fourth-order valence-electron chi connectivity index (χ4n) is 2.39. The number of rotatable bonds is 5. The van der Waals surface area contributed by atoms with Gasteiger partial charge in [0, 0.05) is 6.54 Å². The lowest BCUT2D eigenvalue weighted by molar-refractivity contribution is 0.472. The van der Waals surface area contributed by atoms with Gasteiger partial charge < -0.3 is 0 Å². The molecule has 22 heavy (non-hydrogen) atoms. The van der Waals surface area contributed by atoms with Gasteiger partial charge in [-0.3, -0.25) is 9.40 Å². The molecule has 0 spiro atoms. The average Bonchev–Trinajstić information content (AvgIpc) is 2.78. The summed E-state index contributed by atoms with van der Waals surface area (Å²) >= 11 is 1.34. The number of hydrogen-bond donors (Lipinski definition) is 1. The van der Waals surface area contributed by atoms with Gasteiger partial charge in [0.05, 0.1) is 22.1 Å². The van der Waals surface area contributed by atoms with E-state index in [1.165, 1.54) is 11.3 Å². The fraction of sp³-hybridized carbons (Fsp3) is 0.571. The Kier molecular flexibility index (Phi) is 4.62. The van der Waals surface area contributed by atoms with Crippen LogP contribution in [-0.2, 0) is 16.6 Å². The number of aryl methyl sites for hydroxylation is 3. The van der Waals surface area contributed by atoms with Crippen LogP contribution in [0.4, 0.5) is 5.00 Å². The van der Waals surface area contributed by atoms with Gasteiger partial charge in [0.15, 0.2) is 0 Å². The maximum atomic E-state index is 12.7. The highest BCUT2D eigenvalue weighted by molar-refractivity contribution is 7.93. The highest BCUT2D eigenvalue weighted by Crippen LogP contribution is 2.28. The molecule has 0 amide bonds. The van der Waals surface area contributed by atoms with Crippen molar-refractivity contribution in [1.29, 1.82) is 0 Å². The fourth-order valence-corrected chi connectivity index (χ4v) is 4.98. The molecule has 0 fully saturated rings. The van der Waals surface area contributed by atoms with E-state index in [0.29, 0.717) is 34.5 Å². The van der Waals surface area contributed by atoms with Crippen LogP contribution in [0.15, 0.2) is 4.90 Å². The first-order chi connectivity index (χ1) is 10.1. The van der Waals surface area contributed by atoms with Crippen molar-refractivity contribution in [1.82, 2.24) is 14.8 Å². The van der Waals surface area contributed by atoms with Crippen molar-refractivity contribution >= 4 is 26.4 Å². The minimum absolute atomic E-state index is 0.263. The third kappa shape index (κ3) is 3.33. The number of aromatic nitrogens is 3.